The van der Waals surface area contributed by atoms with E-state index < -0.39 is 48.2 Å². The minimum atomic E-state index is -1.16. The van der Waals surface area contributed by atoms with Gasteiger partial charge in [-0.25, -0.2) is 0 Å². The molecule has 0 aliphatic carbocycles. The standard InChI is InChI=1S/C18H36IN5O7/c1-17(2,20)12-18(3,22-19)13(25)8-21-4-5-23(9-14(26)27)6-7-24(10-15(28)29)11-16(30)31/h13,21-22,25H,4-12,20H2,1-3H3,(H,26,27)(H,28,29)(H,30,31). The number of carboxylic acid groups (broad SMARTS) is 3. The minimum absolute atomic E-state index is 0.0942. The average Bonchev–Trinajstić information content (AvgIpc) is 2.59. The molecule has 0 aromatic rings. The third-order valence-electron chi connectivity index (χ3n) is 4.53. The molecule has 2 atom stereocenters. The lowest BCUT2D eigenvalue weighted by Gasteiger charge is -2.38. The van der Waals surface area contributed by atoms with Crippen LogP contribution in [-0.4, -0.2) is 118 Å². The molecule has 0 saturated carbocycles. The number of aliphatic hydroxyl groups excluding tert-OH is 1. The molecule has 0 aromatic carbocycles. The Labute approximate surface area is 196 Å². The average molecular weight is 561 g/mol. The zero-order chi connectivity index (χ0) is 24.2. The van der Waals surface area contributed by atoms with Crippen molar-refractivity contribution >= 4 is 40.8 Å². The van der Waals surface area contributed by atoms with Crippen molar-refractivity contribution in [2.75, 3.05) is 52.4 Å². The van der Waals surface area contributed by atoms with Crippen molar-refractivity contribution in [3.63, 3.8) is 0 Å². The van der Waals surface area contributed by atoms with Crippen molar-refractivity contribution < 1.29 is 34.8 Å². The van der Waals surface area contributed by atoms with Crippen LogP contribution in [0.3, 0.4) is 0 Å². The molecule has 0 aromatic heterocycles. The largest absolute Gasteiger partial charge is 0.480 e. The van der Waals surface area contributed by atoms with Gasteiger partial charge in [-0.2, -0.15) is 0 Å². The van der Waals surface area contributed by atoms with E-state index in [4.69, 9.17) is 21.1 Å². The monoisotopic (exact) mass is 561 g/mol. The second-order valence-electron chi connectivity index (χ2n) is 8.57. The minimum Gasteiger partial charge on any atom is -0.480 e. The van der Waals surface area contributed by atoms with E-state index in [1.165, 1.54) is 4.90 Å². The molecule has 8 N–H and O–H groups in total. The summed E-state index contributed by atoms with van der Waals surface area (Å²) in [6.45, 7) is 5.70. The Morgan fingerprint density at radius 1 is 0.935 bits per heavy atom. The Balaban J connectivity index is 4.71. The summed E-state index contributed by atoms with van der Waals surface area (Å²) in [7, 11) is 0. The molecular weight excluding hydrogens is 525 g/mol. The highest BCUT2D eigenvalue weighted by Gasteiger charge is 2.36. The van der Waals surface area contributed by atoms with Gasteiger partial charge in [0.05, 0.1) is 31.3 Å². The molecule has 0 aliphatic rings. The summed E-state index contributed by atoms with van der Waals surface area (Å²) in [5, 5.41) is 40.6. The Kier molecular flexibility index (Phi) is 13.6. The number of rotatable bonds is 18. The SMILES string of the molecule is CC(C)(N)CC(C)(NI)C(O)CNCCN(CCN(CC(=O)O)CC(=O)O)CC(=O)O. The van der Waals surface area contributed by atoms with E-state index in [-0.39, 0.29) is 26.2 Å². The molecule has 0 heterocycles. The van der Waals surface area contributed by atoms with Gasteiger partial charge in [0.25, 0.3) is 0 Å². The third kappa shape index (κ3) is 14.6. The van der Waals surface area contributed by atoms with Crippen molar-refractivity contribution in [1.82, 2.24) is 18.6 Å². The van der Waals surface area contributed by atoms with E-state index in [0.29, 0.717) is 19.5 Å². The fraction of sp³-hybridized carbons (Fsp3) is 0.833. The number of halogens is 1. The number of hydrogen-bond acceptors (Lipinski definition) is 9. The predicted octanol–water partition coefficient (Wildman–Crippen LogP) is -1.38. The van der Waals surface area contributed by atoms with Gasteiger partial charge in [0.15, 0.2) is 0 Å². The van der Waals surface area contributed by atoms with Gasteiger partial charge in [-0.15, -0.1) is 0 Å². The second kappa shape index (κ2) is 14.1. The van der Waals surface area contributed by atoms with E-state index in [1.54, 1.807) is 4.90 Å². The number of aliphatic carboxylic acids is 3. The van der Waals surface area contributed by atoms with Crippen LogP contribution in [0.1, 0.15) is 27.2 Å². The number of carbonyl (C=O) groups is 3. The summed E-state index contributed by atoms with van der Waals surface area (Å²) in [4.78, 5) is 35.7. The number of hydrogen-bond donors (Lipinski definition) is 7. The lowest BCUT2D eigenvalue weighted by molar-refractivity contribution is -0.143. The van der Waals surface area contributed by atoms with Crippen molar-refractivity contribution in [2.45, 2.75) is 44.4 Å². The van der Waals surface area contributed by atoms with Crippen molar-refractivity contribution in [3.05, 3.63) is 0 Å². The van der Waals surface area contributed by atoms with Gasteiger partial charge in [-0.3, -0.25) is 27.7 Å². The molecule has 0 radical (unpaired) electrons. The third-order valence-corrected chi connectivity index (χ3v) is 5.76. The Hall–Kier alpha value is -1.10. The van der Waals surface area contributed by atoms with E-state index in [0.717, 1.165) is 0 Å². The first-order valence-electron chi connectivity index (χ1n) is 9.84. The summed E-state index contributed by atoms with van der Waals surface area (Å²) in [6, 6.07) is 0. The highest BCUT2D eigenvalue weighted by atomic mass is 127. The lowest BCUT2D eigenvalue weighted by atomic mass is 9.83. The number of nitrogens with one attached hydrogen (secondary N) is 2. The van der Waals surface area contributed by atoms with Gasteiger partial charge < -0.3 is 31.5 Å². The van der Waals surface area contributed by atoms with E-state index in [1.807, 2.05) is 43.6 Å². The van der Waals surface area contributed by atoms with Crippen LogP contribution in [0.4, 0.5) is 0 Å². The van der Waals surface area contributed by atoms with Crippen LogP contribution in [0.15, 0.2) is 0 Å². The Bertz CT molecular complexity index is 574. The van der Waals surface area contributed by atoms with E-state index in [9.17, 15) is 19.5 Å². The molecule has 0 saturated heterocycles. The van der Waals surface area contributed by atoms with Gasteiger partial charge in [0, 0.05) is 61.1 Å². The summed E-state index contributed by atoms with van der Waals surface area (Å²) < 4.78 is 3.08. The maximum Gasteiger partial charge on any atom is 0.317 e. The number of nitrogens with two attached hydrogens (primary N) is 1. The normalized spacial score (nSPS) is 15.1. The first-order valence-corrected chi connectivity index (χ1v) is 10.9. The highest BCUT2D eigenvalue weighted by molar-refractivity contribution is 14.1. The lowest BCUT2D eigenvalue weighted by Crippen LogP contribution is -2.57. The molecule has 0 bridgehead atoms. The topological polar surface area (TPSA) is 189 Å². The van der Waals surface area contributed by atoms with Crippen LogP contribution in [0, 0.1) is 0 Å². The molecule has 2 unspecified atom stereocenters. The maximum absolute atomic E-state index is 11.1. The van der Waals surface area contributed by atoms with E-state index >= 15 is 0 Å². The molecule has 0 aliphatic heterocycles. The molecule has 0 rings (SSSR count). The molecule has 31 heavy (non-hydrogen) atoms. The smallest absolute Gasteiger partial charge is 0.317 e. The van der Waals surface area contributed by atoms with Crippen LogP contribution >= 0.6 is 22.9 Å². The van der Waals surface area contributed by atoms with Gasteiger partial charge in [0.2, 0.25) is 0 Å². The molecular formula is C18H36IN5O7. The molecule has 0 amide bonds. The molecule has 13 heteroatoms. The fourth-order valence-electron chi connectivity index (χ4n) is 3.20. The van der Waals surface area contributed by atoms with Gasteiger partial charge in [-0.05, 0) is 27.2 Å². The molecule has 0 fully saturated rings. The Morgan fingerprint density at radius 3 is 1.81 bits per heavy atom. The summed E-state index contributed by atoms with van der Waals surface area (Å²) in [5.41, 5.74) is 4.97. The van der Waals surface area contributed by atoms with Crippen LogP contribution < -0.4 is 14.6 Å². The summed E-state index contributed by atoms with van der Waals surface area (Å²) in [5.74, 6) is -3.36. The Morgan fingerprint density at radius 2 is 1.39 bits per heavy atom. The molecule has 0 spiro atoms. The second-order valence-corrected chi connectivity index (χ2v) is 9.10. The van der Waals surface area contributed by atoms with Gasteiger partial charge >= 0.3 is 17.9 Å². The summed E-state index contributed by atoms with van der Waals surface area (Å²) in [6.07, 6.45) is -0.221. The van der Waals surface area contributed by atoms with Crippen LogP contribution in [0.5, 0.6) is 0 Å². The van der Waals surface area contributed by atoms with Crippen LogP contribution in [-0.2, 0) is 14.4 Å². The number of aliphatic hydroxyl groups is 1. The zero-order valence-electron chi connectivity index (χ0n) is 18.3. The predicted molar refractivity (Wildman–Crippen MR) is 123 cm³/mol. The number of carboxylic acids is 3. The van der Waals surface area contributed by atoms with Crippen molar-refractivity contribution in [1.29, 1.82) is 0 Å². The van der Waals surface area contributed by atoms with Crippen molar-refractivity contribution in [3.8, 4) is 0 Å². The highest BCUT2D eigenvalue weighted by Crippen LogP contribution is 2.23. The zero-order valence-corrected chi connectivity index (χ0v) is 20.5. The van der Waals surface area contributed by atoms with Crippen LogP contribution in [0.2, 0.25) is 0 Å². The summed E-state index contributed by atoms with van der Waals surface area (Å²) >= 11 is 1.98. The first-order chi connectivity index (χ1) is 14.2. The van der Waals surface area contributed by atoms with Gasteiger partial charge in [-0.1, -0.05) is 0 Å². The molecule has 182 valence electrons. The number of nitrogens with zero attached hydrogens (tertiary/aromatic N) is 2. The van der Waals surface area contributed by atoms with E-state index in [2.05, 4.69) is 8.85 Å². The molecule has 12 nitrogen and oxygen atoms in total. The quantitative estimate of drug-likeness (QED) is 0.0591. The maximum atomic E-state index is 11.1. The fourth-order valence-corrected chi connectivity index (χ4v) is 3.75. The van der Waals surface area contributed by atoms with Crippen LogP contribution in [0.25, 0.3) is 0 Å². The first kappa shape index (κ1) is 29.9. The van der Waals surface area contributed by atoms with Crippen molar-refractivity contribution in [2.24, 2.45) is 5.73 Å². The van der Waals surface area contributed by atoms with Gasteiger partial charge in [0.1, 0.15) is 0 Å².